The highest BCUT2D eigenvalue weighted by Gasteiger charge is 2.28. The molecule has 1 saturated heterocycles. The molecule has 1 aliphatic heterocycles. The van der Waals surface area contributed by atoms with E-state index in [-0.39, 0.29) is 5.78 Å². The molecular formula is C20H24N2O3S. The molecule has 2 aromatic carbocycles. The van der Waals surface area contributed by atoms with E-state index in [1.54, 1.807) is 23.4 Å². The van der Waals surface area contributed by atoms with Crippen molar-refractivity contribution in [1.82, 2.24) is 4.31 Å². The maximum absolute atomic E-state index is 12.8. The maximum Gasteiger partial charge on any atom is 0.243 e. The van der Waals surface area contributed by atoms with Crippen LogP contribution in [-0.4, -0.2) is 44.7 Å². The summed E-state index contributed by atoms with van der Waals surface area (Å²) in [4.78, 5) is 13.9. The van der Waals surface area contributed by atoms with Gasteiger partial charge in [0.05, 0.1) is 4.90 Å². The molecule has 0 amide bonds. The van der Waals surface area contributed by atoms with Gasteiger partial charge in [-0.25, -0.2) is 8.42 Å². The SMILES string of the molecule is CCc1ccc(S(=O)(=O)N2CCN(c3ccc(C(C)=O)cc3)CC2)cc1. The molecule has 0 aromatic heterocycles. The number of hydrogen-bond donors (Lipinski definition) is 0. The fraction of sp³-hybridized carbons (Fsp3) is 0.350. The second kappa shape index (κ2) is 7.60. The molecule has 0 aliphatic carbocycles. The summed E-state index contributed by atoms with van der Waals surface area (Å²) in [5, 5.41) is 0. The monoisotopic (exact) mass is 372 g/mol. The first-order valence-electron chi connectivity index (χ1n) is 8.87. The first-order chi connectivity index (χ1) is 12.4. The van der Waals surface area contributed by atoms with Gasteiger partial charge in [0.2, 0.25) is 10.0 Å². The van der Waals surface area contributed by atoms with E-state index in [0.717, 1.165) is 17.7 Å². The third-order valence-electron chi connectivity index (χ3n) is 4.85. The molecule has 1 heterocycles. The predicted molar refractivity (Wildman–Crippen MR) is 103 cm³/mol. The molecule has 3 rings (SSSR count). The zero-order valence-electron chi connectivity index (χ0n) is 15.2. The summed E-state index contributed by atoms with van der Waals surface area (Å²) < 4.78 is 27.2. The number of nitrogens with zero attached hydrogens (tertiary/aromatic N) is 2. The molecule has 1 fully saturated rings. The van der Waals surface area contributed by atoms with Crippen molar-refractivity contribution in [1.29, 1.82) is 0 Å². The summed E-state index contributed by atoms with van der Waals surface area (Å²) in [5.74, 6) is 0.0431. The van der Waals surface area contributed by atoms with Gasteiger partial charge in [-0.15, -0.1) is 0 Å². The van der Waals surface area contributed by atoms with Gasteiger partial charge >= 0.3 is 0 Å². The Labute approximate surface area is 155 Å². The summed E-state index contributed by atoms with van der Waals surface area (Å²) in [7, 11) is -3.45. The molecule has 0 saturated carbocycles. The predicted octanol–water partition coefficient (Wildman–Crippen LogP) is 2.96. The second-order valence-corrected chi connectivity index (χ2v) is 8.43. The Balaban J connectivity index is 1.68. The third-order valence-corrected chi connectivity index (χ3v) is 6.76. The van der Waals surface area contributed by atoms with Crippen molar-refractivity contribution in [3.8, 4) is 0 Å². The van der Waals surface area contributed by atoms with E-state index in [0.29, 0.717) is 36.6 Å². The Morgan fingerprint density at radius 3 is 2.00 bits per heavy atom. The van der Waals surface area contributed by atoms with E-state index in [2.05, 4.69) is 4.90 Å². The Morgan fingerprint density at radius 2 is 1.50 bits per heavy atom. The highest BCUT2D eigenvalue weighted by molar-refractivity contribution is 7.89. The van der Waals surface area contributed by atoms with Gasteiger partial charge in [0.1, 0.15) is 0 Å². The van der Waals surface area contributed by atoms with Crippen molar-refractivity contribution in [2.75, 3.05) is 31.1 Å². The smallest absolute Gasteiger partial charge is 0.243 e. The topological polar surface area (TPSA) is 57.7 Å². The standard InChI is InChI=1S/C20H24N2O3S/c1-3-17-4-10-20(11-5-17)26(24,25)22-14-12-21(13-15-22)19-8-6-18(7-9-19)16(2)23/h4-11H,3,12-15H2,1-2H3. The van der Waals surface area contributed by atoms with Gasteiger partial charge in [0.25, 0.3) is 0 Å². The van der Waals surface area contributed by atoms with Gasteiger partial charge < -0.3 is 4.90 Å². The number of rotatable bonds is 5. The molecule has 1 aliphatic rings. The number of anilines is 1. The Kier molecular flexibility index (Phi) is 5.44. The van der Waals surface area contributed by atoms with Crippen LogP contribution in [0.1, 0.15) is 29.8 Å². The molecule has 2 aromatic rings. The average Bonchev–Trinajstić information content (AvgIpc) is 2.68. The molecule has 5 nitrogen and oxygen atoms in total. The van der Waals surface area contributed by atoms with Crippen LogP contribution < -0.4 is 4.90 Å². The van der Waals surface area contributed by atoms with Gasteiger partial charge in [-0.1, -0.05) is 19.1 Å². The molecule has 0 spiro atoms. The fourth-order valence-corrected chi connectivity index (χ4v) is 4.56. The van der Waals surface area contributed by atoms with Crippen LogP contribution in [0, 0.1) is 0 Å². The van der Waals surface area contributed by atoms with Crippen molar-refractivity contribution in [3.05, 3.63) is 59.7 Å². The summed E-state index contributed by atoms with van der Waals surface area (Å²) in [6, 6.07) is 14.6. The number of Topliss-reactive ketones (excluding diaryl/α,β-unsaturated/α-hetero) is 1. The minimum Gasteiger partial charge on any atom is -0.369 e. The minimum atomic E-state index is -3.45. The van der Waals surface area contributed by atoms with E-state index in [9.17, 15) is 13.2 Å². The van der Waals surface area contributed by atoms with Crippen molar-refractivity contribution < 1.29 is 13.2 Å². The van der Waals surface area contributed by atoms with E-state index in [4.69, 9.17) is 0 Å². The molecule has 6 heteroatoms. The van der Waals surface area contributed by atoms with Gasteiger partial charge in [0, 0.05) is 37.4 Å². The van der Waals surface area contributed by atoms with Crippen LogP contribution in [0.4, 0.5) is 5.69 Å². The van der Waals surface area contributed by atoms with Crippen LogP contribution in [0.2, 0.25) is 0 Å². The highest BCUT2D eigenvalue weighted by atomic mass is 32.2. The minimum absolute atomic E-state index is 0.0431. The molecule has 138 valence electrons. The molecular weight excluding hydrogens is 348 g/mol. The van der Waals surface area contributed by atoms with Crippen LogP contribution in [-0.2, 0) is 16.4 Å². The highest BCUT2D eigenvalue weighted by Crippen LogP contribution is 2.22. The lowest BCUT2D eigenvalue weighted by Crippen LogP contribution is -2.48. The van der Waals surface area contributed by atoms with E-state index < -0.39 is 10.0 Å². The van der Waals surface area contributed by atoms with Crippen LogP contribution in [0.15, 0.2) is 53.4 Å². The van der Waals surface area contributed by atoms with Crippen LogP contribution >= 0.6 is 0 Å². The quantitative estimate of drug-likeness (QED) is 0.757. The van der Waals surface area contributed by atoms with Crippen molar-refractivity contribution in [3.63, 3.8) is 0 Å². The summed E-state index contributed by atoms with van der Waals surface area (Å²) in [5.41, 5.74) is 2.83. The number of aryl methyl sites for hydroxylation is 1. The Hall–Kier alpha value is -2.18. The summed E-state index contributed by atoms with van der Waals surface area (Å²) in [6.45, 7) is 5.76. The van der Waals surface area contributed by atoms with Crippen LogP contribution in [0.25, 0.3) is 0 Å². The zero-order chi connectivity index (χ0) is 18.7. The molecule has 0 bridgehead atoms. The van der Waals surface area contributed by atoms with E-state index >= 15 is 0 Å². The van der Waals surface area contributed by atoms with Gasteiger partial charge in [0.15, 0.2) is 5.78 Å². The maximum atomic E-state index is 12.8. The van der Waals surface area contributed by atoms with Crippen LogP contribution in [0.5, 0.6) is 0 Å². The summed E-state index contributed by atoms with van der Waals surface area (Å²) >= 11 is 0. The molecule has 0 atom stereocenters. The molecule has 0 radical (unpaired) electrons. The zero-order valence-corrected chi connectivity index (χ0v) is 16.0. The fourth-order valence-electron chi connectivity index (χ4n) is 3.14. The molecule has 26 heavy (non-hydrogen) atoms. The van der Waals surface area contributed by atoms with Crippen molar-refractivity contribution in [2.24, 2.45) is 0 Å². The van der Waals surface area contributed by atoms with Crippen molar-refractivity contribution >= 4 is 21.5 Å². The van der Waals surface area contributed by atoms with Gasteiger partial charge in [-0.2, -0.15) is 4.31 Å². The number of benzene rings is 2. The Morgan fingerprint density at radius 1 is 0.923 bits per heavy atom. The lowest BCUT2D eigenvalue weighted by atomic mass is 10.1. The number of piperazine rings is 1. The summed E-state index contributed by atoms with van der Waals surface area (Å²) in [6.07, 6.45) is 0.890. The van der Waals surface area contributed by atoms with E-state index in [1.807, 2.05) is 43.3 Å². The molecule has 0 N–H and O–H groups in total. The number of ketones is 1. The largest absolute Gasteiger partial charge is 0.369 e. The van der Waals surface area contributed by atoms with Gasteiger partial charge in [-0.05, 0) is 55.3 Å². The lowest BCUT2D eigenvalue weighted by Gasteiger charge is -2.35. The first kappa shape index (κ1) is 18.6. The Bertz CT molecular complexity index is 866. The van der Waals surface area contributed by atoms with E-state index in [1.165, 1.54) is 0 Å². The normalized spacial score (nSPS) is 15.8. The van der Waals surface area contributed by atoms with Crippen molar-refractivity contribution in [2.45, 2.75) is 25.2 Å². The first-order valence-corrected chi connectivity index (χ1v) is 10.3. The third kappa shape index (κ3) is 3.81. The lowest BCUT2D eigenvalue weighted by molar-refractivity contribution is 0.101. The number of carbonyl (C=O) groups excluding carboxylic acids is 1. The van der Waals surface area contributed by atoms with Gasteiger partial charge in [-0.3, -0.25) is 4.79 Å². The number of hydrogen-bond acceptors (Lipinski definition) is 4. The second-order valence-electron chi connectivity index (χ2n) is 6.49. The molecule has 0 unspecified atom stereocenters. The number of sulfonamides is 1. The van der Waals surface area contributed by atoms with Crippen LogP contribution in [0.3, 0.4) is 0 Å². The average molecular weight is 372 g/mol. The number of carbonyl (C=O) groups is 1.